The molecule has 0 aliphatic heterocycles. The van der Waals surface area contributed by atoms with Crippen LogP contribution in [-0.4, -0.2) is 9.97 Å². The number of aromatic nitrogens is 2. The maximum Gasteiger partial charge on any atom is 0.116 e. The summed E-state index contributed by atoms with van der Waals surface area (Å²) in [6.07, 6.45) is 5.85. The van der Waals surface area contributed by atoms with E-state index in [4.69, 9.17) is 9.97 Å². The fourth-order valence-electron chi connectivity index (χ4n) is 10.1. The first-order valence-corrected chi connectivity index (χ1v) is 15.7. The highest BCUT2D eigenvalue weighted by Gasteiger charge is 2.44. The maximum absolute atomic E-state index is 5.14. The third-order valence-electron chi connectivity index (χ3n) is 11.7. The molecule has 2 nitrogen and oxygen atoms in total. The molecule has 0 spiro atoms. The monoisotopic (exact) mass is 546 g/mol. The number of hydrogen-bond donors (Lipinski definition) is 0. The number of hydrogen-bond acceptors (Lipinski definition) is 2. The maximum atomic E-state index is 5.14. The molecule has 0 saturated carbocycles. The first kappa shape index (κ1) is 21.8. The van der Waals surface area contributed by atoms with E-state index in [0.717, 1.165) is 37.1 Å². The minimum absolute atomic E-state index is 0.166. The molecule has 0 unspecified atom stereocenters. The number of rotatable bonds is 1. The molecule has 0 N–H and O–H groups in total. The summed E-state index contributed by atoms with van der Waals surface area (Å²) in [6, 6.07) is 25.9. The van der Waals surface area contributed by atoms with Crippen molar-refractivity contribution in [3.63, 3.8) is 0 Å². The molecule has 5 aromatic carbocycles. The van der Waals surface area contributed by atoms with Crippen molar-refractivity contribution >= 4 is 0 Å². The summed E-state index contributed by atoms with van der Waals surface area (Å²) in [5.74, 6) is 0. The summed E-state index contributed by atoms with van der Waals surface area (Å²) in [5, 5.41) is 0. The summed E-state index contributed by atoms with van der Waals surface area (Å²) in [5.41, 5.74) is 31.4. The second-order valence-corrected chi connectivity index (χ2v) is 14.0. The van der Waals surface area contributed by atoms with Gasteiger partial charge in [0.1, 0.15) is 6.33 Å². The summed E-state index contributed by atoms with van der Waals surface area (Å²) in [6.45, 7) is 4.71. The zero-order valence-electron chi connectivity index (χ0n) is 24.2. The van der Waals surface area contributed by atoms with Gasteiger partial charge < -0.3 is 0 Å². The zero-order chi connectivity index (χ0) is 27.9. The molecule has 1 heterocycles. The van der Waals surface area contributed by atoms with E-state index in [0.29, 0.717) is 0 Å². The van der Waals surface area contributed by atoms with Crippen molar-refractivity contribution in [2.24, 2.45) is 0 Å². The van der Waals surface area contributed by atoms with Crippen molar-refractivity contribution in [1.29, 1.82) is 0 Å². The van der Waals surface area contributed by atoms with E-state index >= 15 is 0 Å². The van der Waals surface area contributed by atoms with Crippen LogP contribution in [0.4, 0.5) is 0 Å². The summed E-state index contributed by atoms with van der Waals surface area (Å²) < 4.78 is 0. The Labute approximate surface area is 250 Å². The van der Waals surface area contributed by atoms with E-state index in [9.17, 15) is 0 Å². The van der Waals surface area contributed by atoms with Crippen LogP contribution in [0.5, 0.6) is 0 Å². The van der Waals surface area contributed by atoms with Crippen LogP contribution in [0, 0.1) is 0 Å². The third-order valence-corrected chi connectivity index (χ3v) is 11.7. The first-order chi connectivity index (χ1) is 21.1. The van der Waals surface area contributed by atoms with Gasteiger partial charge in [-0.05, 0) is 126 Å². The normalized spacial score (nSPS) is 16.4. The van der Waals surface area contributed by atoms with Crippen LogP contribution in [0.2, 0.25) is 0 Å². The molecule has 0 atom stereocenters. The Balaban J connectivity index is 1.25. The van der Waals surface area contributed by atoms with Gasteiger partial charge in [-0.3, -0.25) is 0 Å². The van der Waals surface area contributed by atoms with Crippen molar-refractivity contribution < 1.29 is 0 Å². The Kier molecular flexibility index (Phi) is 3.40. The summed E-state index contributed by atoms with van der Waals surface area (Å²) >= 11 is 0. The molecule has 0 saturated heterocycles. The van der Waals surface area contributed by atoms with E-state index < -0.39 is 0 Å². The Morgan fingerprint density at radius 1 is 0.488 bits per heavy atom. The quantitative estimate of drug-likeness (QED) is 0.205. The van der Waals surface area contributed by atoms with Crippen LogP contribution in [0.1, 0.15) is 69.5 Å². The highest BCUT2D eigenvalue weighted by atomic mass is 14.9. The molecule has 1 aromatic heterocycles. The van der Waals surface area contributed by atoms with Crippen LogP contribution in [-0.2, 0) is 31.1 Å². The van der Waals surface area contributed by atoms with Gasteiger partial charge in [-0.25, -0.2) is 9.97 Å². The van der Waals surface area contributed by atoms with Gasteiger partial charge in [0.05, 0.1) is 11.4 Å². The van der Waals surface area contributed by atoms with Gasteiger partial charge in [0.25, 0.3) is 0 Å². The number of nitrogens with zero attached hydrogens (tertiary/aromatic N) is 2. The lowest BCUT2D eigenvalue weighted by Crippen LogP contribution is -2.17. The molecule has 200 valence electrons. The molecule has 2 heteroatoms. The standard InChI is InChI=1S/C41H26N2/c1-41(2)29-6-4-3-5-26(29)39-38(41)40(43-18-42-39)28-17-25-15-23-10-9-21-13-19-7-8-20-14-22-11-12-24-16-27(28)37-35(24)33(22)31(20)30(19)32(21)34(23)36(25)37/h3-12,17-18H,13-16H2,1-2H3. The van der Waals surface area contributed by atoms with Gasteiger partial charge in [0.15, 0.2) is 0 Å². The van der Waals surface area contributed by atoms with Crippen molar-refractivity contribution in [2.75, 3.05) is 0 Å². The lowest BCUT2D eigenvalue weighted by molar-refractivity contribution is 0.657. The van der Waals surface area contributed by atoms with Gasteiger partial charge >= 0.3 is 0 Å². The van der Waals surface area contributed by atoms with Crippen LogP contribution < -0.4 is 0 Å². The Bertz CT molecular complexity index is 2420. The molecule has 6 aliphatic rings. The SMILES string of the molecule is CC1(C)c2ccccc2-c2ncnc(-c3cc4c5c6c3Cc3ccc7c(c3-6)-c3c(ccc6c3-c3c(ccc(c3-5)C4)C6)C7)c21. The van der Waals surface area contributed by atoms with Crippen molar-refractivity contribution in [2.45, 2.75) is 44.9 Å². The fourth-order valence-corrected chi connectivity index (χ4v) is 10.1. The largest absolute Gasteiger partial charge is 0.236 e. The second kappa shape index (κ2) is 6.71. The van der Waals surface area contributed by atoms with E-state index in [1.54, 1.807) is 11.9 Å². The Hall–Kier alpha value is -4.82. The average Bonchev–Trinajstić information content (AvgIpc) is 3.80. The van der Waals surface area contributed by atoms with E-state index in [1.165, 1.54) is 106 Å². The molecule has 0 bridgehead atoms. The molecule has 43 heavy (non-hydrogen) atoms. The Morgan fingerprint density at radius 3 is 1.56 bits per heavy atom. The lowest BCUT2D eigenvalue weighted by atomic mass is 9.78. The van der Waals surface area contributed by atoms with Crippen molar-refractivity contribution in [3.8, 4) is 67.0 Å². The van der Waals surface area contributed by atoms with Crippen molar-refractivity contribution in [1.82, 2.24) is 9.97 Å². The van der Waals surface area contributed by atoms with Gasteiger partial charge in [-0.1, -0.05) is 74.5 Å². The van der Waals surface area contributed by atoms with E-state index in [1.807, 2.05) is 0 Å². The lowest BCUT2D eigenvalue weighted by Gasteiger charge is -2.25. The molecule has 12 rings (SSSR count). The van der Waals surface area contributed by atoms with Crippen LogP contribution in [0.3, 0.4) is 0 Å². The zero-order valence-corrected chi connectivity index (χ0v) is 24.2. The topological polar surface area (TPSA) is 25.8 Å². The van der Waals surface area contributed by atoms with Crippen LogP contribution in [0.15, 0.2) is 73.1 Å². The molecule has 0 amide bonds. The molecule has 0 fully saturated rings. The van der Waals surface area contributed by atoms with Gasteiger partial charge in [0.2, 0.25) is 0 Å². The Morgan fingerprint density at radius 2 is 0.953 bits per heavy atom. The smallest absolute Gasteiger partial charge is 0.116 e. The summed E-state index contributed by atoms with van der Waals surface area (Å²) in [7, 11) is 0. The van der Waals surface area contributed by atoms with Gasteiger partial charge in [0, 0.05) is 22.1 Å². The highest BCUT2D eigenvalue weighted by molar-refractivity contribution is 6.14. The highest BCUT2D eigenvalue weighted by Crippen LogP contribution is 2.64. The molecule has 0 radical (unpaired) electrons. The number of benzene rings is 5. The minimum atomic E-state index is -0.166. The third kappa shape index (κ3) is 2.24. The predicted octanol–water partition coefficient (Wildman–Crippen LogP) is 9.05. The molecular formula is C41H26N2. The molecule has 6 aliphatic carbocycles. The van der Waals surface area contributed by atoms with Crippen LogP contribution in [0.25, 0.3) is 67.0 Å². The fraction of sp³-hybridized carbons (Fsp3) is 0.171. The predicted molar refractivity (Wildman–Crippen MR) is 172 cm³/mol. The van der Waals surface area contributed by atoms with Gasteiger partial charge in [-0.15, -0.1) is 0 Å². The minimum Gasteiger partial charge on any atom is -0.236 e. The van der Waals surface area contributed by atoms with E-state index in [2.05, 4.69) is 80.6 Å². The van der Waals surface area contributed by atoms with Gasteiger partial charge in [-0.2, -0.15) is 0 Å². The molecule has 6 aromatic rings. The first-order valence-electron chi connectivity index (χ1n) is 15.7. The van der Waals surface area contributed by atoms with Crippen LogP contribution >= 0.6 is 0 Å². The number of fused-ring (bicyclic) bond motifs is 3. The average molecular weight is 547 g/mol. The van der Waals surface area contributed by atoms with Crippen molar-refractivity contribution in [3.05, 3.63) is 129 Å². The molecular weight excluding hydrogens is 520 g/mol. The second-order valence-electron chi connectivity index (χ2n) is 14.0. The summed E-state index contributed by atoms with van der Waals surface area (Å²) in [4.78, 5) is 10.0. The van der Waals surface area contributed by atoms with E-state index in [-0.39, 0.29) is 5.41 Å².